The van der Waals surface area contributed by atoms with Crippen LogP contribution in [0.25, 0.3) is 0 Å². The Labute approximate surface area is 90.5 Å². The van der Waals surface area contributed by atoms with E-state index in [0.717, 1.165) is 10.0 Å². The fraction of sp³-hybridized carbons (Fsp3) is 0.300. The largest absolute Gasteiger partial charge is 0.481 e. The number of carboxylic acids is 1. The Kier molecular flexibility index (Phi) is 3.66. The molecule has 4 heteroatoms. The number of benzene rings is 1. The van der Waals surface area contributed by atoms with Gasteiger partial charge in [0.2, 0.25) is 0 Å². The normalized spacial score (nSPS) is 12.5. The van der Waals surface area contributed by atoms with E-state index in [0.29, 0.717) is 5.56 Å². The second-order valence-corrected chi connectivity index (χ2v) is 3.92. The predicted molar refractivity (Wildman–Crippen MR) is 56.1 cm³/mol. The summed E-state index contributed by atoms with van der Waals surface area (Å²) in [6.45, 7) is 1.84. The zero-order valence-corrected chi connectivity index (χ0v) is 9.28. The molecule has 1 atom stereocenters. The van der Waals surface area contributed by atoms with E-state index in [1.165, 1.54) is 0 Å². The standard InChI is InChI=1S/C10H11BrO3/c1-6-7(3-2-4-8(6)11)9(12)5-10(13)14/h2-4,9,12H,5H2,1H3,(H,13,14). The van der Waals surface area contributed by atoms with Gasteiger partial charge in [-0.05, 0) is 24.1 Å². The molecule has 0 heterocycles. The van der Waals surface area contributed by atoms with Crippen molar-refractivity contribution >= 4 is 21.9 Å². The molecule has 0 amide bonds. The maximum absolute atomic E-state index is 10.4. The molecule has 0 radical (unpaired) electrons. The third-order valence-corrected chi connectivity index (χ3v) is 2.90. The minimum absolute atomic E-state index is 0.267. The molecule has 2 N–H and O–H groups in total. The smallest absolute Gasteiger partial charge is 0.306 e. The van der Waals surface area contributed by atoms with Gasteiger partial charge in [-0.2, -0.15) is 0 Å². The fourth-order valence-corrected chi connectivity index (χ4v) is 1.64. The van der Waals surface area contributed by atoms with Crippen molar-refractivity contribution in [3.05, 3.63) is 33.8 Å². The van der Waals surface area contributed by atoms with Gasteiger partial charge in [-0.3, -0.25) is 4.79 Å². The quantitative estimate of drug-likeness (QED) is 0.875. The van der Waals surface area contributed by atoms with Crippen LogP contribution in [-0.4, -0.2) is 16.2 Å². The molecule has 3 nitrogen and oxygen atoms in total. The lowest BCUT2D eigenvalue weighted by Gasteiger charge is -2.12. The molecule has 0 saturated carbocycles. The number of carboxylic acid groups (broad SMARTS) is 1. The van der Waals surface area contributed by atoms with Gasteiger partial charge in [0, 0.05) is 4.47 Å². The molecule has 76 valence electrons. The maximum Gasteiger partial charge on any atom is 0.306 e. The molecule has 1 rings (SSSR count). The molecule has 0 aliphatic rings. The van der Waals surface area contributed by atoms with Gasteiger partial charge in [0.05, 0.1) is 12.5 Å². The molecule has 0 fully saturated rings. The lowest BCUT2D eigenvalue weighted by molar-refractivity contribution is -0.139. The van der Waals surface area contributed by atoms with Crippen LogP contribution in [0.3, 0.4) is 0 Å². The molecule has 0 aromatic heterocycles. The van der Waals surface area contributed by atoms with Crippen LogP contribution in [0.1, 0.15) is 23.7 Å². The van der Waals surface area contributed by atoms with Crippen molar-refractivity contribution in [2.45, 2.75) is 19.4 Å². The molecule has 0 bridgehead atoms. The predicted octanol–water partition coefficient (Wildman–Crippen LogP) is 2.27. The Morgan fingerprint density at radius 2 is 2.21 bits per heavy atom. The zero-order valence-electron chi connectivity index (χ0n) is 7.70. The monoisotopic (exact) mass is 258 g/mol. The number of aliphatic hydroxyl groups excluding tert-OH is 1. The Bertz CT molecular complexity index is 349. The highest BCUT2D eigenvalue weighted by Gasteiger charge is 2.14. The molecule has 0 spiro atoms. The molecule has 0 aliphatic heterocycles. The third kappa shape index (κ3) is 2.56. The van der Waals surface area contributed by atoms with Gasteiger partial charge in [-0.25, -0.2) is 0 Å². The second kappa shape index (κ2) is 4.57. The minimum atomic E-state index is -1.00. The van der Waals surface area contributed by atoms with E-state index < -0.39 is 12.1 Å². The summed E-state index contributed by atoms with van der Waals surface area (Å²) in [5.74, 6) is -1.00. The number of halogens is 1. The number of carbonyl (C=O) groups is 1. The molecule has 14 heavy (non-hydrogen) atoms. The van der Waals surface area contributed by atoms with Gasteiger partial charge in [0.1, 0.15) is 0 Å². The Balaban J connectivity index is 2.95. The molecule has 0 saturated heterocycles. The van der Waals surface area contributed by atoms with Crippen molar-refractivity contribution in [1.29, 1.82) is 0 Å². The highest BCUT2D eigenvalue weighted by Crippen LogP contribution is 2.26. The first-order chi connectivity index (χ1) is 6.52. The lowest BCUT2D eigenvalue weighted by atomic mass is 10.0. The van der Waals surface area contributed by atoms with Gasteiger partial charge in [-0.15, -0.1) is 0 Å². The number of aliphatic carboxylic acids is 1. The van der Waals surface area contributed by atoms with E-state index in [2.05, 4.69) is 15.9 Å². The van der Waals surface area contributed by atoms with Crippen LogP contribution in [-0.2, 0) is 4.79 Å². The van der Waals surface area contributed by atoms with Crippen LogP contribution in [0, 0.1) is 6.92 Å². The van der Waals surface area contributed by atoms with E-state index in [9.17, 15) is 9.90 Å². The van der Waals surface area contributed by atoms with Gasteiger partial charge < -0.3 is 10.2 Å². The Hall–Kier alpha value is -0.870. The molecular weight excluding hydrogens is 248 g/mol. The summed E-state index contributed by atoms with van der Waals surface area (Å²) in [5, 5.41) is 18.1. The van der Waals surface area contributed by atoms with E-state index in [1.54, 1.807) is 12.1 Å². The van der Waals surface area contributed by atoms with Crippen molar-refractivity contribution in [1.82, 2.24) is 0 Å². The first kappa shape index (κ1) is 11.2. The van der Waals surface area contributed by atoms with E-state index in [-0.39, 0.29) is 6.42 Å². The number of hydrogen-bond acceptors (Lipinski definition) is 2. The fourth-order valence-electron chi connectivity index (χ4n) is 1.26. The first-order valence-corrected chi connectivity index (χ1v) is 4.96. The number of hydrogen-bond donors (Lipinski definition) is 2. The Morgan fingerprint density at radius 3 is 2.79 bits per heavy atom. The summed E-state index contributed by atoms with van der Waals surface area (Å²) in [7, 11) is 0. The van der Waals surface area contributed by atoms with Crippen LogP contribution in [0.5, 0.6) is 0 Å². The number of aliphatic hydroxyl groups is 1. The van der Waals surface area contributed by atoms with E-state index in [1.807, 2.05) is 13.0 Å². The summed E-state index contributed by atoms with van der Waals surface area (Å²) >= 11 is 3.32. The van der Waals surface area contributed by atoms with Crippen molar-refractivity contribution in [2.75, 3.05) is 0 Å². The first-order valence-electron chi connectivity index (χ1n) is 4.17. The van der Waals surface area contributed by atoms with Crippen molar-refractivity contribution in [3.63, 3.8) is 0 Å². The zero-order chi connectivity index (χ0) is 10.7. The lowest BCUT2D eigenvalue weighted by Crippen LogP contribution is -2.06. The van der Waals surface area contributed by atoms with Crippen LogP contribution in [0.4, 0.5) is 0 Å². The highest BCUT2D eigenvalue weighted by atomic mass is 79.9. The van der Waals surface area contributed by atoms with Crippen molar-refractivity contribution in [3.8, 4) is 0 Å². The van der Waals surface area contributed by atoms with Crippen LogP contribution in [0.2, 0.25) is 0 Å². The SMILES string of the molecule is Cc1c(Br)cccc1C(O)CC(=O)O. The molecule has 1 aromatic carbocycles. The van der Waals surface area contributed by atoms with Crippen LogP contribution < -0.4 is 0 Å². The summed E-state index contributed by atoms with van der Waals surface area (Å²) in [6.07, 6.45) is -1.21. The molecule has 0 aliphatic carbocycles. The van der Waals surface area contributed by atoms with Crippen LogP contribution in [0.15, 0.2) is 22.7 Å². The van der Waals surface area contributed by atoms with Crippen LogP contribution >= 0.6 is 15.9 Å². The summed E-state index contributed by atoms with van der Waals surface area (Å²) in [5.41, 5.74) is 1.53. The molecule has 1 aromatic rings. The average molecular weight is 259 g/mol. The number of rotatable bonds is 3. The van der Waals surface area contributed by atoms with Gasteiger partial charge in [-0.1, -0.05) is 28.1 Å². The summed E-state index contributed by atoms with van der Waals surface area (Å²) in [6, 6.07) is 5.36. The average Bonchev–Trinajstić information content (AvgIpc) is 2.08. The van der Waals surface area contributed by atoms with Gasteiger partial charge in [0.15, 0.2) is 0 Å². The minimum Gasteiger partial charge on any atom is -0.481 e. The Morgan fingerprint density at radius 1 is 1.57 bits per heavy atom. The molecular formula is C10H11BrO3. The topological polar surface area (TPSA) is 57.5 Å². The summed E-state index contributed by atoms with van der Waals surface area (Å²) < 4.78 is 0.874. The van der Waals surface area contributed by atoms with Crippen molar-refractivity contribution in [2.24, 2.45) is 0 Å². The summed E-state index contributed by atoms with van der Waals surface area (Å²) in [4.78, 5) is 10.4. The van der Waals surface area contributed by atoms with Gasteiger partial charge >= 0.3 is 5.97 Å². The van der Waals surface area contributed by atoms with Crippen molar-refractivity contribution < 1.29 is 15.0 Å². The molecule has 1 unspecified atom stereocenters. The van der Waals surface area contributed by atoms with E-state index >= 15 is 0 Å². The van der Waals surface area contributed by atoms with Gasteiger partial charge in [0.25, 0.3) is 0 Å². The maximum atomic E-state index is 10.4. The third-order valence-electron chi connectivity index (χ3n) is 2.04. The van der Waals surface area contributed by atoms with E-state index in [4.69, 9.17) is 5.11 Å². The highest BCUT2D eigenvalue weighted by molar-refractivity contribution is 9.10. The second-order valence-electron chi connectivity index (χ2n) is 3.07.